The molecule has 1 N–H and O–H groups in total. The standard InChI is InChI=1S/C24H37NO/c1-2-3-4-5-6-7-8-9-10-11-12-13-14-15-19-22-24(26)25-23-20-17-16-18-21-23/h6-7,9-10,16-18,20-21H,2-5,8,11-15,19,22H2,1H3,(H,25,26)/b7-6-,10-9-. The van der Waals surface area contributed by atoms with Crippen molar-refractivity contribution in [2.75, 3.05) is 5.32 Å². The summed E-state index contributed by atoms with van der Waals surface area (Å²) in [5.41, 5.74) is 0.889. The Kier molecular flexibility index (Phi) is 14.2. The van der Waals surface area contributed by atoms with Crippen LogP contribution in [-0.4, -0.2) is 5.91 Å². The first-order chi connectivity index (χ1) is 12.8. The SMILES string of the molecule is CCCCC/C=C\C/C=C\CCCCCCCC(=O)Nc1ccccc1. The van der Waals surface area contributed by atoms with Crippen molar-refractivity contribution in [3.63, 3.8) is 0 Å². The van der Waals surface area contributed by atoms with Gasteiger partial charge in [0, 0.05) is 12.1 Å². The van der Waals surface area contributed by atoms with Crippen LogP contribution in [0.25, 0.3) is 0 Å². The van der Waals surface area contributed by atoms with Crippen LogP contribution in [0.1, 0.15) is 84.0 Å². The van der Waals surface area contributed by atoms with Gasteiger partial charge in [-0.3, -0.25) is 4.79 Å². The maximum Gasteiger partial charge on any atom is 0.224 e. The van der Waals surface area contributed by atoms with Gasteiger partial charge in [-0.2, -0.15) is 0 Å². The van der Waals surface area contributed by atoms with Crippen LogP contribution >= 0.6 is 0 Å². The van der Waals surface area contributed by atoms with Gasteiger partial charge in [0.05, 0.1) is 0 Å². The summed E-state index contributed by atoms with van der Waals surface area (Å²) < 4.78 is 0. The summed E-state index contributed by atoms with van der Waals surface area (Å²) in [6.45, 7) is 2.25. The summed E-state index contributed by atoms with van der Waals surface area (Å²) in [5, 5.41) is 2.94. The Hall–Kier alpha value is -1.83. The Morgan fingerprint density at radius 2 is 1.42 bits per heavy atom. The van der Waals surface area contributed by atoms with Crippen molar-refractivity contribution in [3.8, 4) is 0 Å². The highest BCUT2D eigenvalue weighted by Gasteiger charge is 2.01. The average Bonchev–Trinajstić information content (AvgIpc) is 2.65. The summed E-state index contributed by atoms with van der Waals surface area (Å²) >= 11 is 0. The molecule has 1 aromatic carbocycles. The maximum atomic E-state index is 11.8. The van der Waals surface area contributed by atoms with Crippen LogP contribution in [0.15, 0.2) is 54.6 Å². The summed E-state index contributed by atoms with van der Waals surface area (Å²) in [4.78, 5) is 11.8. The third kappa shape index (κ3) is 13.5. The summed E-state index contributed by atoms with van der Waals surface area (Å²) in [5.74, 6) is 0.127. The molecule has 0 radical (unpaired) electrons. The van der Waals surface area contributed by atoms with Gasteiger partial charge < -0.3 is 5.32 Å². The Bertz CT molecular complexity index is 504. The van der Waals surface area contributed by atoms with Crippen LogP contribution in [0.4, 0.5) is 5.69 Å². The number of nitrogens with one attached hydrogen (secondary N) is 1. The molecule has 0 aliphatic carbocycles. The normalized spacial score (nSPS) is 11.4. The molecule has 1 amide bonds. The van der Waals surface area contributed by atoms with Gasteiger partial charge in [0.2, 0.25) is 5.91 Å². The van der Waals surface area contributed by atoms with E-state index in [1.165, 1.54) is 51.4 Å². The molecule has 0 saturated heterocycles. The van der Waals surface area contributed by atoms with Crippen LogP contribution < -0.4 is 5.32 Å². The van der Waals surface area contributed by atoms with Crippen LogP contribution in [-0.2, 0) is 4.79 Å². The van der Waals surface area contributed by atoms with Crippen molar-refractivity contribution < 1.29 is 4.79 Å². The van der Waals surface area contributed by atoms with Crippen molar-refractivity contribution in [1.82, 2.24) is 0 Å². The smallest absolute Gasteiger partial charge is 0.224 e. The van der Waals surface area contributed by atoms with Crippen molar-refractivity contribution >= 4 is 11.6 Å². The van der Waals surface area contributed by atoms with Crippen LogP contribution in [0, 0.1) is 0 Å². The fourth-order valence-electron chi connectivity index (χ4n) is 2.84. The van der Waals surface area contributed by atoms with Crippen LogP contribution in [0.5, 0.6) is 0 Å². The Morgan fingerprint density at radius 3 is 2.12 bits per heavy atom. The third-order valence-electron chi connectivity index (χ3n) is 4.41. The highest BCUT2D eigenvalue weighted by molar-refractivity contribution is 5.90. The van der Waals surface area contributed by atoms with Crippen molar-refractivity contribution in [1.29, 1.82) is 0 Å². The average molecular weight is 356 g/mol. The number of allylic oxidation sites excluding steroid dienone is 4. The minimum Gasteiger partial charge on any atom is -0.326 e. The molecular weight excluding hydrogens is 318 g/mol. The van der Waals surface area contributed by atoms with Gasteiger partial charge >= 0.3 is 0 Å². The largest absolute Gasteiger partial charge is 0.326 e. The van der Waals surface area contributed by atoms with Gasteiger partial charge in [-0.25, -0.2) is 0 Å². The lowest BCUT2D eigenvalue weighted by atomic mass is 10.1. The van der Waals surface area contributed by atoms with Gasteiger partial charge in [-0.1, -0.05) is 81.5 Å². The number of hydrogen-bond donors (Lipinski definition) is 1. The molecule has 0 bridgehead atoms. The molecule has 0 unspecified atom stereocenters. The molecule has 0 spiro atoms. The molecular formula is C24H37NO. The molecule has 1 aromatic rings. The molecule has 2 nitrogen and oxygen atoms in total. The monoisotopic (exact) mass is 355 g/mol. The van der Waals surface area contributed by atoms with E-state index in [1.54, 1.807) is 0 Å². The zero-order valence-corrected chi connectivity index (χ0v) is 16.6. The molecule has 144 valence electrons. The number of unbranched alkanes of at least 4 members (excludes halogenated alkanes) is 8. The fourth-order valence-corrected chi connectivity index (χ4v) is 2.84. The summed E-state index contributed by atoms with van der Waals surface area (Å²) in [6, 6.07) is 9.68. The minimum atomic E-state index is 0.127. The second kappa shape index (κ2) is 16.6. The topological polar surface area (TPSA) is 29.1 Å². The number of para-hydroxylation sites is 1. The second-order valence-electron chi connectivity index (χ2n) is 6.89. The number of benzene rings is 1. The first-order valence-corrected chi connectivity index (χ1v) is 10.5. The van der Waals surface area contributed by atoms with Gasteiger partial charge in [-0.05, 0) is 50.7 Å². The maximum absolute atomic E-state index is 11.8. The number of anilines is 1. The highest BCUT2D eigenvalue weighted by atomic mass is 16.1. The molecule has 0 aromatic heterocycles. The predicted molar refractivity (Wildman–Crippen MR) is 114 cm³/mol. The molecule has 0 fully saturated rings. The molecule has 0 aliphatic rings. The van der Waals surface area contributed by atoms with E-state index in [-0.39, 0.29) is 5.91 Å². The first-order valence-electron chi connectivity index (χ1n) is 10.5. The molecule has 2 heteroatoms. The second-order valence-corrected chi connectivity index (χ2v) is 6.89. The van der Waals surface area contributed by atoms with Gasteiger partial charge in [-0.15, -0.1) is 0 Å². The lowest BCUT2D eigenvalue weighted by molar-refractivity contribution is -0.116. The summed E-state index contributed by atoms with van der Waals surface area (Å²) in [7, 11) is 0. The number of carbonyl (C=O) groups excluding carboxylic acids is 1. The van der Waals surface area contributed by atoms with E-state index in [9.17, 15) is 4.79 Å². The molecule has 0 heterocycles. The molecule has 0 atom stereocenters. The lowest BCUT2D eigenvalue weighted by Crippen LogP contribution is -2.10. The van der Waals surface area contributed by atoms with Crippen molar-refractivity contribution in [3.05, 3.63) is 54.6 Å². The Morgan fingerprint density at radius 1 is 0.808 bits per heavy atom. The first kappa shape index (κ1) is 22.2. The van der Waals surface area contributed by atoms with Gasteiger partial charge in [0.25, 0.3) is 0 Å². The lowest BCUT2D eigenvalue weighted by Gasteiger charge is -2.04. The van der Waals surface area contributed by atoms with Crippen molar-refractivity contribution in [2.24, 2.45) is 0 Å². The fraction of sp³-hybridized carbons (Fsp3) is 0.542. The van der Waals surface area contributed by atoms with Crippen LogP contribution in [0.2, 0.25) is 0 Å². The van der Waals surface area contributed by atoms with Gasteiger partial charge in [0.15, 0.2) is 0 Å². The number of amides is 1. The molecule has 0 aliphatic heterocycles. The van der Waals surface area contributed by atoms with Crippen molar-refractivity contribution in [2.45, 2.75) is 84.0 Å². The number of hydrogen-bond acceptors (Lipinski definition) is 1. The van der Waals surface area contributed by atoms with E-state index >= 15 is 0 Å². The number of rotatable bonds is 15. The van der Waals surface area contributed by atoms with Gasteiger partial charge in [0.1, 0.15) is 0 Å². The molecule has 1 rings (SSSR count). The molecule has 0 saturated carbocycles. The quantitative estimate of drug-likeness (QED) is 0.257. The van der Waals surface area contributed by atoms with Crippen LogP contribution in [0.3, 0.4) is 0 Å². The van der Waals surface area contributed by atoms with E-state index in [0.717, 1.165) is 24.9 Å². The van der Waals surface area contributed by atoms with E-state index in [2.05, 4.69) is 36.5 Å². The zero-order chi connectivity index (χ0) is 18.7. The van der Waals surface area contributed by atoms with E-state index in [0.29, 0.717) is 6.42 Å². The van der Waals surface area contributed by atoms with E-state index < -0.39 is 0 Å². The Balaban J connectivity index is 1.87. The highest BCUT2D eigenvalue weighted by Crippen LogP contribution is 2.10. The van der Waals surface area contributed by atoms with E-state index in [4.69, 9.17) is 0 Å². The summed E-state index contributed by atoms with van der Waals surface area (Å²) in [6.07, 6.45) is 23.1. The third-order valence-corrected chi connectivity index (χ3v) is 4.41. The zero-order valence-electron chi connectivity index (χ0n) is 16.6. The Labute approximate surface area is 160 Å². The number of carbonyl (C=O) groups is 1. The predicted octanol–water partition coefficient (Wildman–Crippen LogP) is 7.44. The minimum absolute atomic E-state index is 0.127. The van der Waals surface area contributed by atoms with E-state index in [1.807, 2.05) is 30.3 Å². The molecule has 26 heavy (non-hydrogen) atoms.